The Morgan fingerprint density at radius 1 is 1.00 bits per heavy atom. The van der Waals surface area contributed by atoms with Gasteiger partial charge in [0.1, 0.15) is 0 Å². The lowest BCUT2D eigenvalue weighted by Gasteiger charge is -2.39. The van der Waals surface area contributed by atoms with Crippen molar-refractivity contribution in [2.45, 2.75) is 64.3 Å². The summed E-state index contributed by atoms with van der Waals surface area (Å²) in [5, 5.41) is 0. The maximum atomic E-state index is 6.70. The minimum absolute atomic E-state index is 0.109. The molecule has 2 aliphatic rings. The zero-order valence-electron chi connectivity index (χ0n) is 10.9. The van der Waals surface area contributed by atoms with Gasteiger partial charge in [0.05, 0.1) is 0 Å². The van der Waals surface area contributed by atoms with Crippen molar-refractivity contribution in [3.05, 3.63) is 0 Å². The Morgan fingerprint density at radius 3 is 2.38 bits per heavy atom. The van der Waals surface area contributed by atoms with Crippen LogP contribution in [0.3, 0.4) is 0 Å². The average Bonchev–Trinajstić information content (AvgIpc) is 2.41. The van der Waals surface area contributed by atoms with Gasteiger partial charge in [0.15, 0.2) is 0 Å². The smallest absolute Gasteiger partial charge is 0.0469 e. The lowest BCUT2D eigenvalue weighted by Crippen LogP contribution is -2.48. The Kier molecular flexibility index (Phi) is 3.60. The van der Waals surface area contributed by atoms with Crippen LogP contribution in [0.4, 0.5) is 0 Å². The van der Waals surface area contributed by atoms with Crippen LogP contribution in [-0.2, 0) is 4.74 Å². The Labute approximate surface area is 99.9 Å². The Balaban J connectivity index is 2.00. The van der Waals surface area contributed by atoms with E-state index in [1.165, 1.54) is 44.9 Å². The number of rotatable bonds is 1. The van der Waals surface area contributed by atoms with Gasteiger partial charge in [-0.15, -0.1) is 0 Å². The van der Waals surface area contributed by atoms with E-state index in [1.807, 2.05) is 0 Å². The molecule has 1 saturated carbocycles. The fourth-order valence-electron chi connectivity index (χ4n) is 3.40. The number of hydrogen-bond donors (Lipinski definition) is 1. The molecule has 2 N–H and O–H groups in total. The van der Waals surface area contributed by atoms with Crippen LogP contribution in [0.25, 0.3) is 0 Å². The SMILES string of the molecule is CC1(C)CCCC(N)(C2CCOCC2)CC1. The van der Waals surface area contributed by atoms with Crippen molar-refractivity contribution >= 4 is 0 Å². The van der Waals surface area contributed by atoms with Gasteiger partial charge in [-0.1, -0.05) is 20.3 Å². The molecule has 2 nitrogen and oxygen atoms in total. The van der Waals surface area contributed by atoms with Crippen LogP contribution < -0.4 is 5.73 Å². The molecular weight excluding hydrogens is 198 g/mol. The molecule has 2 heteroatoms. The first-order valence-electron chi connectivity index (χ1n) is 6.89. The third kappa shape index (κ3) is 2.78. The van der Waals surface area contributed by atoms with Crippen molar-refractivity contribution in [3.8, 4) is 0 Å². The number of nitrogens with two attached hydrogens (primary N) is 1. The first-order chi connectivity index (χ1) is 7.52. The van der Waals surface area contributed by atoms with Crippen LogP contribution in [0.5, 0.6) is 0 Å². The second-order valence-corrected chi connectivity index (χ2v) is 6.64. The minimum atomic E-state index is 0.109. The zero-order chi connectivity index (χ0) is 11.6. The highest BCUT2D eigenvalue weighted by molar-refractivity contribution is 4.95. The molecule has 1 aliphatic carbocycles. The largest absolute Gasteiger partial charge is 0.381 e. The maximum absolute atomic E-state index is 6.70. The van der Waals surface area contributed by atoms with Crippen LogP contribution in [-0.4, -0.2) is 18.8 Å². The quantitative estimate of drug-likeness (QED) is 0.696. The Hall–Kier alpha value is -0.0800. The van der Waals surface area contributed by atoms with Crippen LogP contribution in [0.1, 0.15) is 58.8 Å². The fraction of sp³-hybridized carbons (Fsp3) is 1.00. The van der Waals surface area contributed by atoms with E-state index in [1.54, 1.807) is 0 Å². The molecule has 2 rings (SSSR count). The van der Waals surface area contributed by atoms with Gasteiger partial charge in [0, 0.05) is 18.8 Å². The predicted octanol–water partition coefficient (Wildman–Crippen LogP) is 3.10. The predicted molar refractivity (Wildman–Crippen MR) is 67.3 cm³/mol. The summed E-state index contributed by atoms with van der Waals surface area (Å²) in [5.74, 6) is 0.704. The Morgan fingerprint density at radius 2 is 1.69 bits per heavy atom. The molecule has 0 radical (unpaired) electrons. The minimum Gasteiger partial charge on any atom is -0.381 e. The summed E-state index contributed by atoms with van der Waals surface area (Å²) >= 11 is 0. The normalized spacial score (nSPS) is 36.9. The summed E-state index contributed by atoms with van der Waals surface area (Å²) in [7, 11) is 0. The monoisotopic (exact) mass is 225 g/mol. The summed E-state index contributed by atoms with van der Waals surface area (Å²) in [6, 6.07) is 0. The number of ether oxygens (including phenoxy) is 1. The first kappa shape index (κ1) is 12.4. The lowest BCUT2D eigenvalue weighted by molar-refractivity contribution is 0.0335. The highest BCUT2D eigenvalue weighted by Crippen LogP contribution is 2.42. The van der Waals surface area contributed by atoms with Crippen molar-refractivity contribution < 1.29 is 4.74 Å². The molecular formula is C14H27NO. The average molecular weight is 225 g/mol. The highest BCUT2D eigenvalue weighted by Gasteiger charge is 2.38. The molecule has 1 atom stereocenters. The van der Waals surface area contributed by atoms with Gasteiger partial charge in [-0.25, -0.2) is 0 Å². The summed E-state index contributed by atoms with van der Waals surface area (Å²) in [5.41, 5.74) is 7.31. The summed E-state index contributed by atoms with van der Waals surface area (Å²) in [4.78, 5) is 0. The molecule has 1 aliphatic heterocycles. The zero-order valence-corrected chi connectivity index (χ0v) is 10.9. The van der Waals surface area contributed by atoms with Crippen LogP contribution in [0.2, 0.25) is 0 Å². The molecule has 1 saturated heterocycles. The topological polar surface area (TPSA) is 35.2 Å². The molecule has 0 amide bonds. The first-order valence-corrected chi connectivity index (χ1v) is 6.89. The molecule has 1 heterocycles. The third-order valence-electron chi connectivity index (χ3n) is 4.80. The van der Waals surface area contributed by atoms with Crippen molar-refractivity contribution in [2.75, 3.05) is 13.2 Å². The molecule has 1 unspecified atom stereocenters. The van der Waals surface area contributed by atoms with Crippen molar-refractivity contribution in [1.82, 2.24) is 0 Å². The Bertz CT molecular complexity index is 233. The van der Waals surface area contributed by atoms with Gasteiger partial charge in [0.25, 0.3) is 0 Å². The molecule has 0 spiro atoms. The van der Waals surface area contributed by atoms with Gasteiger partial charge in [-0.2, -0.15) is 0 Å². The van der Waals surface area contributed by atoms with Gasteiger partial charge in [0.2, 0.25) is 0 Å². The molecule has 16 heavy (non-hydrogen) atoms. The van der Waals surface area contributed by atoms with E-state index < -0.39 is 0 Å². The standard InChI is InChI=1S/C14H27NO/c1-13(2)6-3-7-14(15,9-8-13)12-4-10-16-11-5-12/h12H,3-11,15H2,1-2H3. The van der Waals surface area contributed by atoms with Crippen molar-refractivity contribution in [2.24, 2.45) is 17.1 Å². The van der Waals surface area contributed by atoms with E-state index in [-0.39, 0.29) is 5.54 Å². The van der Waals surface area contributed by atoms with E-state index in [9.17, 15) is 0 Å². The van der Waals surface area contributed by atoms with Crippen LogP contribution in [0, 0.1) is 11.3 Å². The van der Waals surface area contributed by atoms with E-state index in [0.29, 0.717) is 11.3 Å². The molecule has 2 fully saturated rings. The molecule has 0 aromatic heterocycles. The summed E-state index contributed by atoms with van der Waals surface area (Å²) < 4.78 is 5.45. The maximum Gasteiger partial charge on any atom is 0.0469 e. The van der Waals surface area contributed by atoms with E-state index >= 15 is 0 Å². The van der Waals surface area contributed by atoms with Crippen molar-refractivity contribution in [1.29, 1.82) is 0 Å². The van der Waals surface area contributed by atoms with Gasteiger partial charge < -0.3 is 10.5 Å². The summed E-state index contributed by atoms with van der Waals surface area (Å²) in [6.45, 7) is 6.63. The van der Waals surface area contributed by atoms with Crippen LogP contribution >= 0.6 is 0 Å². The second-order valence-electron chi connectivity index (χ2n) is 6.64. The van der Waals surface area contributed by atoms with Gasteiger partial charge in [-0.05, 0) is 49.9 Å². The molecule has 0 bridgehead atoms. The summed E-state index contributed by atoms with van der Waals surface area (Å²) in [6.07, 6.45) is 8.73. The van der Waals surface area contributed by atoms with E-state index in [4.69, 9.17) is 10.5 Å². The van der Waals surface area contributed by atoms with Crippen LogP contribution in [0.15, 0.2) is 0 Å². The lowest BCUT2D eigenvalue weighted by atomic mass is 9.74. The fourth-order valence-corrected chi connectivity index (χ4v) is 3.40. The number of hydrogen-bond acceptors (Lipinski definition) is 2. The third-order valence-corrected chi connectivity index (χ3v) is 4.80. The molecule has 0 aromatic carbocycles. The van der Waals surface area contributed by atoms with Gasteiger partial charge >= 0.3 is 0 Å². The van der Waals surface area contributed by atoms with Crippen molar-refractivity contribution in [3.63, 3.8) is 0 Å². The molecule has 0 aromatic rings. The highest BCUT2D eigenvalue weighted by atomic mass is 16.5. The van der Waals surface area contributed by atoms with E-state index in [0.717, 1.165) is 13.2 Å². The van der Waals surface area contributed by atoms with E-state index in [2.05, 4.69) is 13.8 Å². The second kappa shape index (κ2) is 4.66. The van der Waals surface area contributed by atoms with Gasteiger partial charge in [-0.3, -0.25) is 0 Å². The molecule has 94 valence electrons.